The Morgan fingerprint density at radius 2 is 2.27 bits per heavy atom. The molecule has 0 aromatic carbocycles. The van der Waals surface area contributed by atoms with Crippen molar-refractivity contribution in [3.05, 3.63) is 21.5 Å². The van der Waals surface area contributed by atoms with Crippen molar-refractivity contribution in [3.8, 4) is 0 Å². The maximum absolute atomic E-state index is 4.39. The van der Waals surface area contributed by atoms with E-state index in [1.807, 2.05) is 18.3 Å². The molecule has 3 heteroatoms. The van der Waals surface area contributed by atoms with E-state index in [-0.39, 0.29) is 0 Å². The number of halogens is 1. The fraction of sp³-hybridized carbons (Fsp3) is 0.250. The topological polar surface area (TPSA) is 25.2 Å². The Morgan fingerprint density at radius 1 is 1.36 bits per heavy atom. The predicted molar refractivity (Wildman–Crippen MR) is 53.4 cm³/mol. The Morgan fingerprint density at radius 3 is 3.18 bits per heavy atom. The Bertz CT molecular complexity index is 307. The molecule has 2 nitrogen and oxygen atoms in total. The fourth-order valence-electron chi connectivity index (χ4n) is 1.13. The molecule has 1 aliphatic rings. The summed E-state index contributed by atoms with van der Waals surface area (Å²) in [5, 5.41) is 0. The van der Waals surface area contributed by atoms with E-state index in [0.717, 1.165) is 27.9 Å². The van der Waals surface area contributed by atoms with E-state index in [0.29, 0.717) is 0 Å². The highest BCUT2D eigenvalue weighted by Crippen LogP contribution is 2.22. The van der Waals surface area contributed by atoms with Crippen LogP contribution in [0.1, 0.15) is 12.1 Å². The summed E-state index contributed by atoms with van der Waals surface area (Å²) in [4.78, 5) is 8.63. The molecule has 1 aliphatic heterocycles. The third-order valence-electron chi connectivity index (χ3n) is 1.66. The van der Waals surface area contributed by atoms with Crippen molar-refractivity contribution in [2.24, 2.45) is 4.99 Å². The number of aliphatic imine (C=N–C) groups is 1. The van der Waals surface area contributed by atoms with Gasteiger partial charge in [0.2, 0.25) is 0 Å². The summed E-state index contributed by atoms with van der Waals surface area (Å²) in [6.07, 6.45) is 4.02. The van der Waals surface area contributed by atoms with Gasteiger partial charge in [-0.2, -0.15) is 0 Å². The minimum absolute atomic E-state index is 1.03. The van der Waals surface area contributed by atoms with E-state index in [2.05, 4.69) is 32.6 Å². The van der Waals surface area contributed by atoms with Gasteiger partial charge in [0.1, 0.15) is 3.70 Å². The summed E-state index contributed by atoms with van der Waals surface area (Å²) < 4.78 is 1.05. The van der Waals surface area contributed by atoms with Gasteiger partial charge in [-0.1, -0.05) is 0 Å². The quantitative estimate of drug-likeness (QED) is 0.518. The number of fused-ring (bicyclic) bond motifs is 1. The Hall–Kier alpha value is -0.450. The predicted octanol–water partition coefficient (Wildman–Crippen LogP) is 2.33. The summed E-state index contributed by atoms with van der Waals surface area (Å²) in [7, 11) is 0. The molecule has 0 atom stereocenters. The second-order valence-corrected chi connectivity index (χ2v) is 3.56. The second kappa shape index (κ2) is 2.89. The molecule has 2 heterocycles. The molecule has 0 unspecified atom stereocenters. The third kappa shape index (κ3) is 1.42. The van der Waals surface area contributed by atoms with Gasteiger partial charge in [0.15, 0.2) is 0 Å². The Balaban J connectivity index is 2.53. The zero-order chi connectivity index (χ0) is 7.68. The molecule has 2 rings (SSSR count). The van der Waals surface area contributed by atoms with Gasteiger partial charge in [-0.15, -0.1) is 0 Å². The van der Waals surface area contributed by atoms with E-state index in [1.54, 1.807) is 0 Å². The van der Waals surface area contributed by atoms with Gasteiger partial charge in [0.25, 0.3) is 0 Å². The van der Waals surface area contributed by atoms with Gasteiger partial charge >= 0.3 is 0 Å². The van der Waals surface area contributed by atoms with E-state index in [4.69, 9.17) is 0 Å². The van der Waals surface area contributed by atoms with Gasteiger partial charge in [0, 0.05) is 6.21 Å². The van der Waals surface area contributed by atoms with Crippen LogP contribution in [0.5, 0.6) is 0 Å². The van der Waals surface area contributed by atoms with Crippen molar-refractivity contribution in [3.63, 3.8) is 0 Å². The summed E-state index contributed by atoms with van der Waals surface area (Å²) >= 11 is 2.22. The van der Waals surface area contributed by atoms with Gasteiger partial charge < -0.3 is 0 Å². The van der Waals surface area contributed by atoms with Crippen LogP contribution in [0.3, 0.4) is 0 Å². The monoisotopic (exact) mass is 258 g/mol. The first kappa shape index (κ1) is 7.21. The average molecular weight is 258 g/mol. The standard InChI is InChI=1S/C8H7IN2/c9-8-4-3-6-7(11-8)2-1-5-10-6/h3-5H,1-2H2. The molecule has 0 radical (unpaired) electrons. The molecule has 56 valence electrons. The van der Waals surface area contributed by atoms with Crippen molar-refractivity contribution in [1.82, 2.24) is 4.98 Å². The van der Waals surface area contributed by atoms with Crippen LogP contribution < -0.4 is 0 Å². The SMILES string of the molecule is Ic1ccc2c(n1)CCC=N2. The summed E-state index contributed by atoms with van der Waals surface area (Å²) in [6, 6.07) is 4.02. The van der Waals surface area contributed by atoms with E-state index >= 15 is 0 Å². The highest BCUT2D eigenvalue weighted by atomic mass is 127. The Labute approximate surface area is 78.9 Å². The highest BCUT2D eigenvalue weighted by Gasteiger charge is 2.06. The van der Waals surface area contributed by atoms with Crippen LogP contribution in [-0.4, -0.2) is 11.2 Å². The molecule has 11 heavy (non-hydrogen) atoms. The molecule has 0 saturated heterocycles. The number of hydrogen-bond acceptors (Lipinski definition) is 2. The lowest BCUT2D eigenvalue weighted by Gasteiger charge is -2.07. The van der Waals surface area contributed by atoms with Crippen molar-refractivity contribution in [1.29, 1.82) is 0 Å². The van der Waals surface area contributed by atoms with Crippen LogP contribution in [0, 0.1) is 3.70 Å². The van der Waals surface area contributed by atoms with E-state index in [1.165, 1.54) is 0 Å². The molecule has 0 N–H and O–H groups in total. The molecule has 0 fully saturated rings. The van der Waals surface area contributed by atoms with Crippen LogP contribution in [0.4, 0.5) is 5.69 Å². The van der Waals surface area contributed by atoms with Gasteiger partial charge in [-0.05, 0) is 47.6 Å². The molecule has 1 aromatic rings. The summed E-state index contributed by atoms with van der Waals surface area (Å²) in [5.74, 6) is 0. The third-order valence-corrected chi connectivity index (χ3v) is 2.26. The number of aryl methyl sites for hydroxylation is 1. The molecule has 0 amide bonds. The van der Waals surface area contributed by atoms with Crippen molar-refractivity contribution >= 4 is 34.5 Å². The van der Waals surface area contributed by atoms with Crippen molar-refractivity contribution in [2.75, 3.05) is 0 Å². The number of nitrogens with zero attached hydrogens (tertiary/aromatic N) is 2. The van der Waals surface area contributed by atoms with E-state index in [9.17, 15) is 0 Å². The van der Waals surface area contributed by atoms with Crippen LogP contribution >= 0.6 is 22.6 Å². The maximum atomic E-state index is 4.39. The lowest BCUT2D eigenvalue weighted by atomic mass is 10.1. The lowest BCUT2D eigenvalue weighted by Crippen LogP contribution is -1.97. The number of aromatic nitrogens is 1. The summed E-state index contributed by atoms with van der Waals surface area (Å²) in [6.45, 7) is 0. The van der Waals surface area contributed by atoms with E-state index < -0.39 is 0 Å². The van der Waals surface area contributed by atoms with Crippen LogP contribution in [-0.2, 0) is 6.42 Å². The van der Waals surface area contributed by atoms with Crippen LogP contribution in [0.15, 0.2) is 17.1 Å². The minimum atomic E-state index is 1.03. The lowest BCUT2D eigenvalue weighted by molar-refractivity contribution is 0.950. The highest BCUT2D eigenvalue weighted by molar-refractivity contribution is 14.1. The zero-order valence-corrected chi connectivity index (χ0v) is 8.08. The first-order chi connectivity index (χ1) is 5.36. The van der Waals surface area contributed by atoms with Gasteiger partial charge in [0.05, 0.1) is 11.4 Å². The summed E-state index contributed by atoms with van der Waals surface area (Å²) in [5.41, 5.74) is 2.18. The van der Waals surface area contributed by atoms with Gasteiger partial charge in [-0.3, -0.25) is 4.99 Å². The molecule has 0 spiro atoms. The van der Waals surface area contributed by atoms with Crippen LogP contribution in [0.25, 0.3) is 0 Å². The first-order valence-electron chi connectivity index (χ1n) is 3.54. The fourth-order valence-corrected chi connectivity index (χ4v) is 1.60. The van der Waals surface area contributed by atoms with Crippen molar-refractivity contribution in [2.45, 2.75) is 12.8 Å². The minimum Gasteiger partial charge on any atom is -0.259 e. The van der Waals surface area contributed by atoms with Crippen LogP contribution in [0.2, 0.25) is 0 Å². The number of pyridine rings is 1. The zero-order valence-electron chi connectivity index (χ0n) is 5.92. The van der Waals surface area contributed by atoms with Crippen molar-refractivity contribution < 1.29 is 0 Å². The number of hydrogen-bond donors (Lipinski definition) is 0. The smallest absolute Gasteiger partial charge is 0.101 e. The second-order valence-electron chi connectivity index (χ2n) is 2.45. The molecule has 0 saturated carbocycles. The first-order valence-corrected chi connectivity index (χ1v) is 4.62. The molecule has 0 aliphatic carbocycles. The largest absolute Gasteiger partial charge is 0.259 e. The molecule has 0 bridgehead atoms. The maximum Gasteiger partial charge on any atom is 0.101 e. The van der Waals surface area contributed by atoms with Gasteiger partial charge in [-0.25, -0.2) is 4.98 Å². The molecule has 1 aromatic heterocycles. The number of rotatable bonds is 0. The average Bonchev–Trinajstić information content (AvgIpc) is 2.04. The normalized spacial score (nSPS) is 14.6. The molecular weight excluding hydrogens is 251 g/mol. The Kier molecular flexibility index (Phi) is 1.89. The molecular formula is C8H7IN2.